The number of carbonyl (C=O) groups excluding carboxylic acids is 1. The maximum absolute atomic E-state index is 14.9. The first-order valence-electron chi connectivity index (χ1n) is 13.8. The molecule has 0 aromatic heterocycles. The van der Waals surface area contributed by atoms with Crippen molar-refractivity contribution in [2.75, 3.05) is 5.01 Å². The number of nitrogens with one attached hydrogen (secondary N) is 2. The molecule has 0 bridgehead atoms. The van der Waals surface area contributed by atoms with Crippen LogP contribution in [-0.4, -0.2) is 29.5 Å². The largest absolute Gasteiger partial charge is 0.351 e. The Hall–Kier alpha value is -2.80. The molecule has 0 saturated heterocycles. The number of alkyl halides is 2. The van der Waals surface area contributed by atoms with Crippen LogP contribution in [0.25, 0.3) is 0 Å². The number of hydrogen-bond donors (Lipinski definition) is 2. The van der Waals surface area contributed by atoms with Gasteiger partial charge in [0.25, 0.3) is 0 Å². The van der Waals surface area contributed by atoms with Gasteiger partial charge in [0.2, 0.25) is 11.8 Å². The van der Waals surface area contributed by atoms with E-state index in [1.54, 1.807) is 5.01 Å². The number of halogens is 3. The van der Waals surface area contributed by atoms with Crippen molar-refractivity contribution in [1.82, 2.24) is 10.7 Å². The summed E-state index contributed by atoms with van der Waals surface area (Å²) in [6, 6.07) is 6.71. The molecular formula is C32H48F3N3O. The van der Waals surface area contributed by atoms with Crippen LogP contribution in [0, 0.1) is 0 Å². The highest BCUT2D eigenvalue weighted by Crippen LogP contribution is 2.34. The van der Waals surface area contributed by atoms with Crippen LogP contribution in [-0.2, 0) is 10.2 Å². The monoisotopic (exact) mass is 547 g/mol. The van der Waals surface area contributed by atoms with Gasteiger partial charge in [0.05, 0.1) is 5.69 Å². The fraction of sp³-hybridized carbons (Fsp3) is 0.531. The van der Waals surface area contributed by atoms with Crippen molar-refractivity contribution in [3.63, 3.8) is 0 Å². The third kappa shape index (κ3) is 8.59. The summed E-state index contributed by atoms with van der Waals surface area (Å²) in [6.45, 7) is 16.1. The molecule has 3 rings (SSSR count). The lowest BCUT2D eigenvalue weighted by Crippen LogP contribution is -2.61. The summed E-state index contributed by atoms with van der Waals surface area (Å²) in [6.07, 6.45) is 7.45. The van der Waals surface area contributed by atoms with Crippen molar-refractivity contribution in [3.05, 3.63) is 77.7 Å². The van der Waals surface area contributed by atoms with E-state index in [1.165, 1.54) is 12.2 Å². The lowest BCUT2D eigenvalue weighted by molar-refractivity contribution is -0.123. The highest BCUT2D eigenvalue weighted by molar-refractivity contribution is 5.89. The Labute approximate surface area is 235 Å². The quantitative estimate of drug-likeness (QED) is 0.241. The molecule has 1 amide bonds. The fourth-order valence-electron chi connectivity index (χ4n) is 5.07. The second-order valence-electron chi connectivity index (χ2n) is 12.6. The van der Waals surface area contributed by atoms with Crippen molar-refractivity contribution < 1.29 is 20.8 Å². The molecule has 1 atom stereocenters. The van der Waals surface area contributed by atoms with E-state index >= 15 is 0 Å². The van der Waals surface area contributed by atoms with Gasteiger partial charge in [-0.05, 0) is 87.3 Å². The molecule has 2 N–H and O–H groups in total. The van der Waals surface area contributed by atoms with Crippen LogP contribution in [0.3, 0.4) is 0 Å². The summed E-state index contributed by atoms with van der Waals surface area (Å²) < 4.78 is 42.5. The van der Waals surface area contributed by atoms with Gasteiger partial charge in [-0.2, -0.15) is 0 Å². The minimum absolute atomic E-state index is 0. The van der Waals surface area contributed by atoms with Gasteiger partial charge in [0, 0.05) is 27.3 Å². The zero-order valence-corrected chi connectivity index (χ0v) is 24.2. The molecular weight excluding hydrogens is 499 g/mol. The lowest BCUT2D eigenvalue weighted by Gasteiger charge is -2.41. The molecule has 1 aromatic carbocycles. The summed E-state index contributed by atoms with van der Waals surface area (Å²) in [5, 5.41) is 4.83. The molecule has 7 heteroatoms. The first-order valence-corrected chi connectivity index (χ1v) is 13.8. The number of anilines is 1. The third-order valence-electron chi connectivity index (χ3n) is 7.36. The summed E-state index contributed by atoms with van der Waals surface area (Å²) in [5.41, 5.74) is 6.20. The van der Waals surface area contributed by atoms with Crippen molar-refractivity contribution in [2.45, 2.75) is 109 Å². The van der Waals surface area contributed by atoms with Gasteiger partial charge in [-0.1, -0.05) is 50.6 Å². The van der Waals surface area contributed by atoms with E-state index in [1.807, 2.05) is 57.2 Å². The Morgan fingerprint density at radius 1 is 1.15 bits per heavy atom. The van der Waals surface area contributed by atoms with Crippen LogP contribution in [0.5, 0.6) is 0 Å². The highest BCUT2D eigenvalue weighted by atomic mass is 19.3. The van der Waals surface area contributed by atoms with Crippen LogP contribution < -0.4 is 15.8 Å². The summed E-state index contributed by atoms with van der Waals surface area (Å²) in [4.78, 5) is 14.1. The van der Waals surface area contributed by atoms with E-state index in [-0.39, 0.29) is 45.9 Å². The van der Waals surface area contributed by atoms with Gasteiger partial charge in [-0.15, -0.1) is 6.58 Å². The second-order valence-corrected chi connectivity index (χ2v) is 12.6. The molecule has 0 spiro atoms. The number of allylic oxidation sites excluding steroid dienone is 5. The van der Waals surface area contributed by atoms with E-state index in [9.17, 15) is 18.0 Å². The molecule has 1 aromatic rings. The number of amides is 1. The normalized spacial score (nSPS) is 19.3. The minimum atomic E-state index is -2.70. The van der Waals surface area contributed by atoms with E-state index in [4.69, 9.17) is 0 Å². The van der Waals surface area contributed by atoms with Crippen molar-refractivity contribution in [3.8, 4) is 0 Å². The average molecular weight is 548 g/mol. The highest BCUT2D eigenvalue weighted by Gasteiger charge is 2.38. The number of rotatable bonds is 9. The molecule has 39 heavy (non-hydrogen) atoms. The fourth-order valence-corrected chi connectivity index (χ4v) is 5.07. The Morgan fingerprint density at radius 3 is 2.33 bits per heavy atom. The van der Waals surface area contributed by atoms with E-state index < -0.39 is 23.3 Å². The van der Waals surface area contributed by atoms with Gasteiger partial charge < -0.3 is 5.32 Å². The number of hydrazine groups is 1. The standard InChI is InChI=1S/C32H44F3N3O.2H2/c1-8-17-31(6,7)37-38(27-13-11-24(12-14-27)30(3,4)5)28(23-10-9-22(2)20-25(33)21-23)29(39)36-26-15-18-32(34,35)19-16-26;;/h8-9,11-14,20-21,26,28,37H,1,10,15-19H2,2-7H3,(H,36,39);2*1H. The first-order chi connectivity index (χ1) is 18.1. The Balaban J connectivity index is 0.00000420. The van der Waals surface area contributed by atoms with Crippen molar-refractivity contribution >= 4 is 11.6 Å². The summed E-state index contributed by atoms with van der Waals surface area (Å²) in [7, 11) is 0. The third-order valence-corrected chi connectivity index (χ3v) is 7.36. The zero-order valence-electron chi connectivity index (χ0n) is 24.2. The average Bonchev–Trinajstić information content (AvgIpc) is 2.99. The first kappa shape index (κ1) is 30.7. The number of carbonyl (C=O) groups is 1. The lowest BCUT2D eigenvalue weighted by atomic mass is 9.87. The van der Waals surface area contributed by atoms with E-state index in [0.717, 1.165) is 16.8 Å². The van der Waals surface area contributed by atoms with Crippen molar-refractivity contribution in [1.29, 1.82) is 0 Å². The Kier molecular flexibility index (Phi) is 9.58. The summed E-state index contributed by atoms with van der Waals surface area (Å²) >= 11 is 0. The van der Waals surface area contributed by atoms with Crippen LogP contribution in [0.4, 0.5) is 18.9 Å². The number of nitrogens with zero attached hydrogens (tertiary/aromatic N) is 1. The predicted molar refractivity (Wildman–Crippen MR) is 159 cm³/mol. The molecule has 1 unspecified atom stereocenters. The molecule has 4 nitrogen and oxygen atoms in total. The number of benzene rings is 1. The molecule has 1 saturated carbocycles. The molecule has 2 aliphatic rings. The van der Waals surface area contributed by atoms with Crippen LogP contribution in [0.1, 0.15) is 88.5 Å². The van der Waals surface area contributed by atoms with E-state index in [0.29, 0.717) is 18.4 Å². The van der Waals surface area contributed by atoms with Gasteiger partial charge in [-0.25, -0.2) is 18.6 Å². The number of hydrogen-bond acceptors (Lipinski definition) is 3. The zero-order chi connectivity index (χ0) is 29.0. The SMILES string of the molecule is C=CCC(C)(C)NN(c1ccc(C(C)(C)C)cc1)C(C(=O)NC1CCC(F)(F)CC1)C1=CC(F)=CC(C)=CC1.[HH].[HH]. The Morgan fingerprint density at radius 2 is 1.77 bits per heavy atom. The van der Waals surface area contributed by atoms with Gasteiger partial charge >= 0.3 is 0 Å². The van der Waals surface area contributed by atoms with Crippen LogP contribution in [0.15, 0.2) is 72.1 Å². The summed E-state index contributed by atoms with van der Waals surface area (Å²) in [5.74, 6) is -3.48. The molecule has 1 fully saturated rings. The predicted octanol–water partition coefficient (Wildman–Crippen LogP) is 8.33. The second kappa shape index (κ2) is 12.2. The van der Waals surface area contributed by atoms with E-state index in [2.05, 4.69) is 38.1 Å². The maximum atomic E-state index is 14.9. The molecule has 0 aliphatic heterocycles. The van der Waals surface area contributed by atoms with Gasteiger partial charge in [-0.3, -0.25) is 9.80 Å². The van der Waals surface area contributed by atoms with Crippen LogP contribution >= 0.6 is 0 Å². The van der Waals surface area contributed by atoms with Crippen molar-refractivity contribution in [2.24, 2.45) is 0 Å². The topological polar surface area (TPSA) is 44.4 Å². The molecule has 218 valence electrons. The van der Waals surface area contributed by atoms with Crippen LogP contribution in [0.2, 0.25) is 0 Å². The molecule has 2 aliphatic carbocycles. The Bertz CT molecular complexity index is 1130. The maximum Gasteiger partial charge on any atom is 0.248 e. The van der Waals surface area contributed by atoms with Gasteiger partial charge in [0.1, 0.15) is 11.9 Å². The minimum Gasteiger partial charge on any atom is -0.351 e. The molecule has 0 radical (unpaired) electrons. The molecule has 0 heterocycles. The van der Waals surface area contributed by atoms with Gasteiger partial charge in [0.15, 0.2) is 0 Å². The smallest absolute Gasteiger partial charge is 0.248 e.